The van der Waals surface area contributed by atoms with Gasteiger partial charge in [0.2, 0.25) is 0 Å². The van der Waals surface area contributed by atoms with Crippen molar-refractivity contribution in [2.24, 2.45) is 0 Å². The van der Waals surface area contributed by atoms with Crippen LogP contribution in [0.2, 0.25) is 0 Å². The molecule has 3 aromatic heterocycles. The summed E-state index contributed by atoms with van der Waals surface area (Å²) in [4.78, 5) is 25.0. The van der Waals surface area contributed by atoms with Crippen molar-refractivity contribution in [3.05, 3.63) is 58.2 Å². The number of thiophene rings is 1. The molecule has 0 aliphatic heterocycles. The first-order chi connectivity index (χ1) is 12.6. The number of oxazole rings is 1. The SMILES string of the molecule is CC(OC(=O)Cn1c(=O)oc2ccccc21)c1nnc(-c2cccs2)o1. The first-order valence-electron chi connectivity index (χ1n) is 7.77. The molecule has 0 aliphatic carbocycles. The normalized spacial score (nSPS) is 12.3. The minimum Gasteiger partial charge on any atom is -0.451 e. The number of benzene rings is 1. The van der Waals surface area contributed by atoms with Crippen molar-refractivity contribution in [2.75, 3.05) is 0 Å². The van der Waals surface area contributed by atoms with Gasteiger partial charge in [0.05, 0.1) is 10.4 Å². The van der Waals surface area contributed by atoms with Crippen LogP contribution >= 0.6 is 11.3 Å². The standard InChI is InChI=1S/C17H13N3O5S/c1-10(15-18-19-16(25-15)13-7-4-8-26-13)23-14(21)9-20-11-5-2-3-6-12(11)24-17(20)22/h2-8,10H,9H2,1H3. The summed E-state index contributed by atoms with van der Waals surface area (Å²) in [5.74, 6) is -0.670. The Bertz CT molecular complexity index is 1110. The Labute approximate surface area is 150 Å². The third-order valence-corrected chi connectivity index (χ3v) is 4.55. The molecule has 0 saturated carbocycles. The summed E-state index contributed by atoms with van der Waals surface area (Å²) in [7, 11) is 0. The Kier molecular flexibility index (Phi) is 4.13. The molecule has 1 aromatic carbocycles. The van der Waals surface area contributed by atoms with E-state index in [1.165, 1.54) is 15.9 Å². The highest BCUT2D eigenvalue weighted by Gasteiger charge is 2.21. The highest BCUT2D eigenvalue weighted by molar-refractivity contribution is 7.13. The summed E-state index contributed by atoms with van der Waals surface area (Å²) in [5, 5.41) is 9.76. The van der Waals surface area contributed by atoms with Crippen LogP contribution in [0, 0.1) is 0 Å². The van der Waals surface area contributed by atoms with Crippen LogP contribution in [0.5, 0.6) is 0 Å². The zero-order chi connectivity index (χ0) is 18.1. The molecular weight excluding hydrogens is 358 g/mol. The molecule has 1 atom stereocenters. The number of carbonyl (C=O) groups excluding carboxylic acids is 1. The maximum Gasteiger partial charge on any atom is 0.420 e. The highest BCUT2D eigenvalue weighted by Crippen LogP contribution is 2.25. The number of carbonyl (C=O) groups is 1. The first kappa shape index (κ1) is 16.3. The van der Waals surface area contributed by atoms with Crippen molar-refractivity contribution in [3.8, 4) is 10.8 Å². The summed E-state index contributed by atoms with van der Waals surface area (Å²) >= 11 is 1.47. The average Bonchev–Trinajstić information content (AvgIpc) is 3.35. The summed E-state index contributed by atoms with van der Waals surface area (Å²) in [6.45, 7) is 1.35. The van der Waals surface area contributed by atoms with Crippen LogP contribution in [0.1, 0.15) is 18.9 Å². The predicted molar refractivity (Wildman–Crippen MR) is 92.6 cm³/mol. The van der Waals surface area contributed by atoms with Crippen molar-refractivity contribution in [1.29, 1.82) is 0 Å². The van der Waals surface area contributed by atoms with Crippen molar-refractivity contribution in [3.63, 3.8) is 0 Å². The molecule has 4 aromatic rings. The minimum absolute atomic E-state index is 0.186. The van der Waals surface area contributed by atoms with Gasteiger partial charge < -0.3 is 13.6 Å². The van der Waals surface area contributed by atoms with Gasteiger partial charge in [0.25, 0.3) is 11.8 Å². The lowest BCUT2D eigenvalue weighted by Crippen LogP contribution is -2.22. The molecular formula is C17H13N3O5S. The van der Waals surface area contributed by atoms with Gasteiger partial charge in [0, 0.05) is 0 Å². The first-order valence-corrected chi connectivity index (χ1v) is 8.65. The number of ether oxygens (including phenoxy) is 1. The molecule has 0 radical (unpaired) electrons. The Morgan fingerprint density at radius 3 is 2.88 bits per heavy atom. The van der Waals surface area contributed by atoms with E-state index in [4.69, 9.17) is 13.6 Å². The molecule has 9 heteroatoms. The van der Waals surface area contributed by atoms with Gasteiger partial charge in [-0.2, -0.15) is 0 Å². The van der Waals surface area contributed by atoms with Gasteiger partial charge in [0.15, 0.2) is 11.7 Å². The maximum atomic E-state index is 12.2. The number of aromatic nitrogens is 3. The van der Waals surface area contributed by atoms with Crippen molar-refractivity contribution in [1.82, 2.24) is 14.8 Å². The van der Waals surface area contributed by atoms with Crippen LogP contribution in [0.15, 0.2) is 55.4 Å². The lowest BCUT2D eigenvalue weighted by Gasteiger charge is -2.09. The second kappa shape index (κ2) is 6.60. The Balaban J connectivity index is 1.48. The number of rotatable bonds is 5. The van der Waals surface area contributed by atoms with E-state index in [1.807, 2.05) is 17.5 Å². The summed E-state index contributed by atoms with van der Waals surface area (Å²) in [5.41, 5.74) is 0.940. The van der Waals surface area contributed by atoms with Gasteiger partial charge in [0.1, 0.15) is 6.54 Å². The van der Waals surface area contributed by atoms with E-state index in [2.05, 4.69) is 10.2 Å². The molecule has 4 rings (SSSR count). The lowest BCUT2D eigenvalue weighted by molar-refractivity contribution is -0.150. The lowest BCUT2D eigenvalue weighted by atomic mass is 10.3. The van der Waals surface area contributed by atoms with Crippen LogP contribution in [-0.4, -0.2) is 20.7 Å². The van der Waals surface area contributed by atoms with E-state index in [-0.39, 0.29) is 12.4 Å². The fourth-order valence-electron chi connectivity index (χ4n) is 2.48. The second-order valence-corrected chi connectivity index (χ2v) is 6.42. The van der Waals surface area contributed by atoms with Crippen molar-refractivity contribution in [2.45, 2.75) is 19.6 Å². The Morgan fingerprint density at radius 2 is 2.08 bits per heavy atom. The van der Waals surface area contributed by atoms with Gasteiger partial charge in [-0.05, 0) is 30.5 Å². The molecule has 0 N–H and O–H groups in total. The number of para-hydroxylation sites is 2. The second-order valence-electron chi connectivity index (χ2n) is 5.48. The number of esters is 1. The summed E-state index contributed by atoms with van der Waals surface area (Å²) < 4.78 is 17.2. The summed E-state index contributed by atoms with van der Waals surface area (Å²) in [6.07, 6.45) is -0.738. The van der Waals surface area contributed by atoms with Gasteiger partial charge in [-0.3, -0.25) is 9.36 Å². The molecule has 26 heavy (non-hydrogen) atoms. The van der Waals surface area contributed by atoms with Gasteiger partial charge in [-0.25, -0.2) is 4.79 Å². The molecule has 3 heterocycles. The van der Waals surface area contributed by atoms with Crippen LogP contribution in [0.25, 0.3) is 21.9 Å². The molecule has 0 amide bonds. The predicted octanol–water partition coefficient (Wildman–Crippen LogP) is 3.01. The molecule has 0 fully saturated rings. The minimum atomic E-state index is -0.738. The smallest absolute Gasteiger partial charge is 0.420 e. The van der Waals surface area contributed by atoms with Crippen molar-refractivity contribution < 1.29 is 18.4 Å². The molecule has 0 saturated heterocycles. The zero-order valence-corrected chi connectivity index (χ0v) is 14.4. The molecule has 0 spiro atoms. The monoisotopic (exact) mass is 371 g/mol. The molecule has 0 bridgehead atoms. The average molecular weight is 371 g/mol. The number of hydrogen-bond acceptors (Lipinski definition) is 8. The third kappa shape index (κ3) is 3.04. The van der Waals surface area contributed by atoms with E-state index in [0.29, 0.717) is 17.0 Å². The molecule has 132 valence electrons. The molecule has 0 aliphatic rings. The van der Waals surface area contributed by atoms with Crippen LogP contribution in [-0.2, 0) is 16.1 Å². The van der Waals surface area contributed by atoms with Gasteiger partial charge in [-0.15, -0.1) is 21.5 Å². The number of fused-ring (bicyclic) bond motifs is 1. The van der Waals surface area contributed by atoms with E-state index in [1.54, 1.807) is 31.2 Å². The van der Waals surface area contributed by atoms with E-state index >= 15 is 0 Å². The Hall–Kier alpha value is -3.20. The molecule has 8 nitrogen and oxygen atoms in total. The van der Waals surface area contributed by atoms with E-state index in [0.717, 1.165) is 4.88 Å². The fraction of sp³-hybridized carbons (Fsp3) is 0.176. The summed E-state index contributed by atoms with van der Waals surface area (Å²) in [6, 6.07) is 10.6. The van der Waals surface area contributed by atoms with E-state index < -0.39 is 17.8 Å². The largest absolute Gasteiger partial charge is 0.451 e. The highest BCUT2D eigenvalue weighted by atomic mass is 32.1. The zero-order valence-electron chi connectivity index (χ0n) is 13.6. The van der Waals surface area contributed by atoms with Crippen LogP contribution < -0.4 is 5.76 Å². The quantitative estimate of drug-likeness (QED) is 0.497. The van der Waals surface area contributed by atoms with Gasteiger partial charge in [-0.1, -0.05) is 18.2 Å². The Morgan fingerprint density at radius 1 is 1.23 bits per heavy atom. The number of hydrogen-bond donors (Lipinski definition) is 0. The van der Waals surface area contributed by atoms with Crippen LogP contribution in [0.3, 0.4) is 0 Å². The molecule has 1 unspecified atom stereocenters. The van der Waals surface area contributed by atoms with Gasteiger partial charge >= 0.3 is 11.7 Å². The topological polar surface area (TPSA) is 100 Å². The fourth-order valence-corrected chi connectivity index (χ4v) is 3.12. The third-order valence-electron chi connectivity index (χ3n) is 3.69. The van der Waals surface area contributed by atoms with Crippen molar-refractivity contribution >= 4 is 28.4 Å². The van der Waals surface area contributed by atoms with E-state index in [9.17, 15) is 9.59 Å². The number of nitrogens with zero attached hydrogens (tertiary/aromatic N) is 3. The van der Waals surface area contributed by atoms with Crippen LogP contribution in [0.4, 0.5) is 0 Å². The maximum absolute atomic E-state index is 12.2.